The SMILES string of the molecule is O[C@H](c1ccccc1)[C@H]1COCCN1. The van der Waals surface area contributed by atoms with E-state index in [9.17, 15) is 5.11 Å². The molecule has 1 fully saturated rings. The molecule has 76 valence electrons. The molecule has 0 spiro atoms. The third kappa shape index (κ3) is 2.12. The Morgan fingerprint density at radius 3 is 2.79 bits per heavy atom. The largest absolute Gasteiger partial charge is 0.387 e. The molecule has 1 aliphatic rings. The summed E-state index contributed by atoms with van der Waals surface area (Å²) >= 11 is 0. The van der Waals surface area contributed by atoms with Gasteiger partial charge in [0, 0.05) is 6.54 Å². The van der Waals surface area contributed by atoms with Crippen molar-refractivity contribution in [2.75, 3.05) is 19.8 Å². The van der Waals surface area contributed by atoms with Crippen molar-refractivity contribution in [2.24, 2.45) is 0 Å². The number of rotatable bonds is 2. The summed E-state index contributed by atoms with van der Waals surface area (Å²) in [6.45, 7) is 2.13. The third-order valence-electron chi connectivity index (χ3n) is 2.47. The van der Waals surface area contributed by atoms with Gasteiger partial charge in [-0.3, -0.25) is 0 Å². The summed E-state index contributed by atoms with van der Waals surface area (Å²) in [5, 5.41) is 13.2. The van der Waals surface area contributed by atoms with Gasteiger partial charge in [0.1, 0.15) is 0 Å². The molecule has 0 amide bonds. The average molecular weight is 193 g/mol. The highest BCUT2D eigenvalue weighted by Crippen LogP contribution is 2.17. The Morgan fingerprint density at radius 2 is 2.14 bits per heavy atom. The molecular weight excluding hydrogens is 178 g/mol. The second-order valence-corrected chi connectivity index (χ2v) is 3.49. The predicted octanol–water partition coefficient (Wildman–Crippen LogP) is 0.708. The van der Waals surface area contributed by atoms with Crippen LogP contribution in [0.5, 0.6) is 0 Å². The molecule has 3 heteroatoms. The maximum absolute atomic E-state index is 10.0. The number of aliphatic hydroxyl groups excluding tert-OH is 1. The lowest BCUT2D eigenvalue weighted by molar-refractivity contribution is 0.0177. The molecule has 1 heterocycles. The predicted molar refractivity (Wildman–Crippen MR) is 54.0 cm³/mol. The second kappa shape index (κ2) is 4.55. The number of aliphatic hydroxyl groups is 1. The molecule has 0 radical (unpaired) electrons. The van der Waals surface area contributed by atoms with Crippen molar-refractivity contribution in [3.63, 3.8) is 0 Å². The quantitative estimate of drug-likeness (QED) is 0.726. The van der Waals surface area contributed by atoms with Crippen LogP contribution in [0.25, 0.3) is 0 Å². The Balaban J connectivity index is 2.03. The number of hydrogen-bond donors (Lipinski definition) is 2. The molecule has 0 saturated carbocycles. The molecule has 2 N–H and O–H groups in total. The first-order valence-electron chi connectivity index (χ1n) is 4.92. The third-order valence-corrected chi connectivity index (χ3v) is 2.47. The van der Waals surface area contributed by atoms with Crippen molar-refractivity contribution in [1.29, 1.82) is 0 Å². The zero-order valence-corrected chi connectivity index (χ0v) is 8.02. The lowest BCUT2D eigenvalue weighted by Gasteiger charge is -2.28. The van der Waals surface area contributed by atoms with Gasteiger partial charge in [0.15, 0.2) is 0 Å². The molecule has 1 aromatic rings. The summed E-state index contributed by atoms with van der Waals surface area (Å²) < 4.78 is 5.30. The smallest absolute Gasteiger partial charge is 0.0965 e. The van der Waals surface area contributed by atoms with Crippen LogP contribution in [0.1, 0.15) is 11.7 Å². The highest BCUT2D eigenvalue weighted by Gasteiger charge is 2.22. The first-order chi connectivity index (χ1) is 6.88. The van der Waals surface area contributed by atoms with Gasteiger partial charge >= 0.3 is 0 Å². The molecule has 14 heavy (non-hydrogen) atoms. The van der Waals surface area contributed by atoms with Crippen molar-refractivity contribution in [3.05, 3.63) is 35.9 Å². The fourth-order valence-corrected chi connectivity index (χ4v) is 1.67. The van der Waals surface area contributed by atoms with Crippen LogP contribution in [-0.2, 0) is 4.74 Å². The van der Waals surface area contributed by atoms with E-state index in [0.29, 0.717) is 6.61 Å². The number of hydrogen-bond acceptors (Lipinski definition) is 3. The summed E-state index contributed by atoms with van der Waals surface area (Å²) in [7, 11) is 0. The fourth-order valence-electron chi connectivity index (χ4n) is 1.67. The van der Waals surface area contributed by atoms with Crippen molar-refractivity contribution in [3.8, 4) is 0 Å². The van der Waals surface area contributed by atoms with Gasteiger partial charge in [-0.1, -0.05) is 30.3 Å². The molecule has 0 unspecified atom stereocenters. The van der Waals surface area contributed by atoms with E-state index in [0.717, 1.165) is 18.7 Å². The minimum atomic E-state index is -0.475. The van der Waals surface area contributed by atoms with Crippen LogP contribution in [-0.4, -0.2) is 30.9 Å². The summed E-state index contributed by atoms with van der Waals surface area (Å²) in [6, 6.07) is 9.69. The molecule has 1 aliphatic heterocycles. The van der Waals surface area contributed by atoms with E-state index in [1.807, 2.05) is 30.3 Å². The summed E-state index contributed by atoms with van der Waals surface area (Å²) in [5.41, 5.74) is 0.940. The Hall–Kier alpha value is -0.900. The highest BCUT2D eigenvalue weighted by molar-refractivity contribution is 5.18. The van der Waals surface area contributed by atoms with Gasteiger partial charge in [-0.25, -0.2) is 0 Å². The molecule has 3 nitrogen and oxygen atoms in total. The summed E-state index contributed by atoms with van der Waals surface area (Å²) in [4.78, 5) is 0. The van der Waals surface area contributed by atoms with Crippen LogP contribution in [0.15, 0.2) is 30.3 Å². The zero-order valence-electron chi connectivity index (χ0n) is 8.02. The van der Waals surface area contributed by atoms with Crippen molar-refractivity contribution < 1.29 is 9.84 Å². The molecule has 1 aromatic carbocycles. The second-order valence-electron chi connectivity index (χ2n) is 3.49. The Labute approximate surface area is 83.7 Å². The molecule has 0 aromatic heterocycles. The molecule has 0 aliphatic carbocycles. The van der Waals surface area contributed by atoms with E-state index in [1.54, 1.807) is 0 Å². The van der Waals surface area contributed by atoms with Crippen molar-refractivity contribution in [1.82, 2.24) is 5.32 Å². The van der Waals surface area contributed by atoms with E-state index < -0.39 is 6.10 Å². The van der Waals surface area contributed by atoms with E-state index in [4.69, 9.17) is 4.74 Å². The van der Waals surface area contributed by atoms with Crippen LogP contribution in [0, 0.1) is 0 Å². The minimum Gasteiger partial charge on any atom is -0.387 e. The normalized spacial score (nSPS) is 24.5. The van der Waals surface area contributed by atoms with Crippen LogP contribution < -0.4 is 5.32 Å². The molecular formula is C11H15NO2. The van der Waals surface area contributed by atoms with E-state index in [1.165, 1.54) is 0 Å². The van der Waals surface area contributed by atoms with Crippen LogP contribution in [0.3, 0.4) is 0 Å². The van der Waals surface area contributed by atoms with Gasteiger partial charge in [-0.2, -0.15) is 0 Å². The number of morpholine rings is 1. The van der Waals surface area contributed by atoms with E-state index in [-0.39, 0.29) is 6.04 Å². The maximum atomic E-state index is 10.0. The molecule has 2 atom stereocenters. The molecule has 2 rings (SSSR count). The van der Waals surface area contributed by atoms with Gasteiger partial charge in [0.25, 0.3) is 0 Å². The average Bonchev–Trinajstić information content (AvgIpc) is 2.30. The van der Waals surface area contributed by atoms with Crippen LogP contribution >= 0.6 is 0 Å². The number of nitrogens with one attached hydrogen (secondary N) is 1. The van der Waals surface area contributed by atoms with E-state index in [2.05, 4.69) is 5.32 Å². The van der Waals surface area contributed by atoms with E-state index >= 15 is 0 Å². The van der Waals surface area contributed by atoms with Gasteiger partial charge in [0.05, 0.1) is 25.4 Å². The van der Waals surface area contributed by atoms with Crippen molar-refractivity contribution >= 4 is 0 Å². The number of ether oxygens (including phenoxy) is 1. The summed E-state index contributed by atoms with van der Waals surface area (Å²) in [6.07, 6.45) is -0.475. The lowest BCUT2D eigenvalue weighted by Crippen LogP contribution is -2.45. The topological polar surface area (TPSA) is 41.5 Å². The highest BCUT2D eigenvalue weighted by atomic mass is 16.5. The minimum absolute atomic E-state index is 0.0196. The zero-order chi connectivity index (χ0) is 9.80. The van der Waals surface area contributed by atoms with Crippen molar-refractivity contribution in [2.45, 2.75) is 12.1 Å². The first kappa shape index (κ1) is 9.65. The number of benzene rings is 1. The Kier molecular flexibility index (Phi) is 3.14. The standard InChI is InChI=1S/C11H15NO2/c13-11(9-4-2-1-3-5-9)10-8-14-7-6-12-10/h1-5,10-13H,6-8H2/t10-,11-/m1/s1. The van der Waals surface area contributed by atoms with Crippen LogP contribution in [0.4, 0.5) is 0 Å². The Bertz CT molecular complexity index is 270. The Morgan fingerprint density at radius 1 is 1.36 bits per heavy atom. The van der Waals surface area contributed by atoms with Gasteiger partial charge in [0.2, 0.25) is 0 Å². The first-order valence-corrected chi connectivity index (χ1v) is 4.92. The van der Waals surface area contributed by atoms with Gasteiger partial charge in [-0.15, -0.1) is 0 Å². The maximum Gasteiger partial charge on any atom is 0.0965 e. The monoisotopic (exact) mass is 193 g/mol. The fraction of sp³-hybridized carbons (Fsp3) is 0.455. The van der Waals surface area contributed by atoms with Gasteiger partial charge < -0.3 is 15.2 Å². The summed E-state index contributed by atoms with van der Waals surface area (Å²) in [5.74, 6) is 0. The van der Waals surface area contributed by atoms with Gasteiger partial charge in [-0.05, 0) is 5.56 Å². The lowest BCUT2D eigenvalue weighted by atomic mass is 10.0. The molecule has 1 saturated heterocycles. The van der Waals surface area contributed by atoms with Crippen LogP contribution in [0.2, 0.25) is 0 Å². The molecule has 0 bridgehead atoms.